The molecule has 14 heavy (non-hydrogen) atoms. The van der Waals surface area contributed by atoms with Crippen LogP contribution in [0.15, 0.2) is 6.20 Å². The second-order valence-corrected chi connectivity index (χ2v) is 3.61. The molecule has 2 rings (SSSR count). The molecule has 0 amide bonds. The van der Waals surface area contributed by atoms with E-state index in [1.165, 1.54) is 5.69 Å². The molecule has 0 aromatic carbocycles. The molecule has 0 bridgehead atoms. The quantitative estimate of drug-likeness (QED) is 0.757. The fourth-order valence-corrected chi connectivity index (χ4v) is 1.68. The number of hydrogen-bond donors (Lipinski definition) is 2. The topological polar surface area (TPSA) is 49.9 Å². The Bertz CT molecular complexity index is 279. The Morgan fingerprint density at radius 3 is 3.29 bits per heavy atom. The molecular formula is C10H17N3O. The van der Waals surface area contributed by atoms with E-state index in [9.17, 15) is 0 Å². The average Bonchev–Trinajstić information content (AvgIpc) is 2.68. The summed E-state index contributed by atoms with van der Waals surface area (Å²) in [7, 11) is 0. The van der Waals surface area contributed by atoms with Gasteiger partial charge in [0, 0.05) is 25.0 Å². The summed E-state index contributed by atoms with van der Waals surface area (Å²) in [5.74, 6) is 0.959. The van der Waals surface area contributed by atoms with Gasteiger partial charge >= 0.3 is 0 Å². The number of imidazole rings is 1. The second kappa shape index (κ2) is 4.57. The summed E-state index contributed by atoms with van der Waals surface area (Å²) in [4.78, 5) is 7.65. The van der Waals surface area contributed by atoms with E-state index in [4.69, 9.17) is 4.74 Å². The van der Waals surface area contributed by atoms with Crippen LogP contribution in [0.5, 0.6) is 0 Å². The largest absolute Gasteiger partial charge is 0.368 e. The van der Waals surface area contributed by atoms with Crippen LogP contribution in [-0.4, -0.2) is 29.7 Å². The highest BCUT2D eigenvalue weighted by atomic mass is 16.5. The van der Waals surface area contributed by atoms with Crippen LogP contribution in [0.3, 0.4) is 0 Å². The monoisotopic (exact) mass is 195 g/mol. The molecule has 2 N–H and O–H groups in total. The van der Waals surface area contributed by atoms with Crippen molar-refractivity contribution in [1.29, 1.82) is 0 Å². The van der Waals surface area contributed by atoms with Crippen LogP contribution < -0.4 is 5.32 Å². The molecule has 0 radical (unpaired) electrons. The number of hydrogen-bond acceptors (Lipinski definition) is 3. The molecule has 1 unspecified atom stereocenters. The lowest BCUT2D eigenvalue weighted by Crippen LogP contribution is -2.33. The van der Waals surface area contributed by atoms with Crippen LogP contribution in [0.2, 0.25) is 0 Å². The SMILES string of the molecule is CCCc1cnc(C2CNCCO2)[nH]1. The predicted octanol–water partition coefficient (Wildman–Crippen LogP) is 1.02. The van der Waals surface area contributed by atoms with Crippen molar-refractivity contribution in [1.82, 2.24) is 15.3 Å². The van der Waals surface area contributed by atoms with E-state index in [-0.39, 0.29) is 6.10 Å². The van der Waals surface area contributed by atoms with Crippen molar-refractivity contribution < 1.29 is 4.74 Å². The first kappa shape index (κ1) is 9.68. The van der Waals surface area contributed by atoms with Crippen LogP contribution in [0.1, 0.15) is 31.0 Å². The van der Waals surface area contributed by atoms with Gasteiger partial charge in [-0.15, -0.1) is 0 Å². The van der Waals surface area contributed by atoms with E-state index in [2.05, 4.69) is 22.2 Å². The zero-order valence-corrected chi connectivity index (χ0v) is 8.55. The van der Waals surface area contributed by atoms with E-state index in [0.29, 0.717) is 0 Å². The molecule has 4 nitrogen and oxygen atoms in total. The van der Waals surface area contributed by atoms with E-state index < -0.39 is 0 Å². The zero-order chi connectivity index (χ0) is 9.80. The minimum atomic E-state index is 0.106. The van der Waals surface area contributed by atoms with Gasteiger partial charge in [0.25, 0.3) is 0 Å². The highest BCUT2D eigenvalue weighted by Crippen LogP contribution is 2.15. The molecule has 1 aromatic rings. The maximum Gasteiger partial charge on any atom is 0.136 e. The van der Waals surface area contributed by atoms with Gasteiger partial charge in [0.2, 0.25) is 0 Å². The highest BCUT2D eigenvalue weighted by molar-refractivity contribution is 5.04. The summed E-state index contributed by atoms with van der Waals surface area (Å²) in [6, 6.07) is 0. The second-order valence-electron chi connectivity index (χ2n) is 3.61. The molecule has 1 saturated heterocycles. The fourth-order valence-electron chi connectivity index (χ4n) is 1.68. The standard InChI is InChI=1S/C10H17N3O/c1-2-3-8-6-12-10(13-8)9-7-11-4-5-14-9/h6,9,11H,2-5,7H2,1H3,(H,12,13). The Hall–Kier alpha value is -0.870. The minimum Gasteiger partial charge on any atom is -0.368 e. The number of morpholine rings is 1. The number of aromatic nitrogens is 2. The highest BCUT2D eigenvalue weighted by Gasteiger charge is 2.18. The number of ether oxygens (including phenoxy) is 1. The Balaban J connectivity index is 2.00. The van der Waals surface area contributed by atoms with Gasteiger partial charge in [0.05, 0.1) is 6.61 Å². The number of nitrogens with one attached hydrogen (secondary N) is 2. The average molecular weight is 195 g/mol. The van der Waals surface area contributed by atoms with E-state index in [1.54, 1.807) is 0 Å². The first-order valence-electron chi connectivity index (χ1n) is 5.26. The molecule has 78 valence electrons. The zero-order valence-electron chi connectivity index (χ0n) is 8.55. The summed E-state index contributed by atoms with van der Waals surface area (Å²) >= 11 is 0. The molecule has 0 saturated carbocycles. The number of aryl methyl sites for hydroxylation is 1. The molecule has 4 heteroatoms. The molecular weight excluding hydrogens is 178 g/mol. The van der Waals surface area contributed by atoms with Crippen LogP contribution >= 0.6 is 0 Å². The van der Waals surface area contributed by atoms with Gasteiger partial charge in [-0.05, 0) is 6.42 Å². The Morgan fingerprint density at radius 1 is 1.64 bits per heavy atom. The Labute approximate surface area is 84.1 Å². The van der Waals surface area contributed by atoms with Crippen molar-refractivity contribution in [3.05, 3.63) is 17.7 Å². The lowest BCUT2D eigenvalue weighted by Gasteiger charge is -2.21. The van der Waals surface area contributed by atoms with Gasteiger partial charge < -0.3 is 15.0 Å². The Morgan fingerprint density at radius 2 is 2.57 bits per heavy atom. The van der Waals surface area contributed by atoms with E-state index in [1.807, 2.05) is 6.20 Å². The number of H-pyrrole nitrogens is 1. The number of aromatic amines is 1. The first-order valence-corrected chi connectivity index (χ1v) is 5.26. The van der Waals surface area contributed by atoms with E-state index >= 15 is 0 Å². The molecule has 1 aromatic heterocycles. The van der Waals surface area contributed by atoms with Gasteiger partial charge in [0.1, 0.15) is 11.9 Å². The van der Waals surface area contributed by atoms with E-state index in [0.717, 1.165) is 38.4 Å². The maximum absolute atomic E-state index is 5.60. The van der Waals surface area contributed by atoms with Crippen molar-refractivity contribution in [2.75, 3.05) is 19.7 Å². The molecule has 1 aliphatic rings. The van der Waals surface area contributed by atoms with Crippen molar-refractivity contribution in [3.63, 3.8) is 0 Å². The summed E-state index contributed by atoms with van der Waals surface area (Å²) in [5, 5.41) is 3.29. The smallest absolute Gasteiger partial charge is 0.136 e. The van der Waals surface area contributed by atoms with Crippen molar-refractivity contribution >= 4 is 0 Å². The van der Waals surface area contributed by atoms with Crippen molar-refractivity contribution in [3.8, 4) is 0 Å². The van der Waals surface area contributed by atoms with Gasteiger partial charge in [0.15, 0.2) is 0 Å². The summed E-state index contributed by atoms with van der Waals surface area (Å²) in [5.41, 5.74) is 1.21. The van der Waals surface area contributed by atoms with Crippen LogP contribution in [0.4, 0.5) is 0 Å². The molecule has 0 spiro atoms. The summed E-state index contributed by atoms with van der Waals surface area (Å²) in [6.07, 6.45) is 4.23. The fraction of sp³-hybridized carbons (Fsp3) is 0.700. The Kier molecular flexibility index (Phi) is 3.16. The van der Waals surface area contributed by atoms with Gasteiger partial charge in [-0.25, -0.2) is 4.98 Å². The lowest BCUT2D eigenvalue weighted by atomic mass is 10.3. The minimum absolute atomic E-state index is 0.106. The molecule has 1 atom stereocenters. The third-order valence-electron chi connectivity index (χ3n) is 2.40. The molecule has 0 aliphatic carbocycles. The lowest BCUT2D eigenvalue weighted by molar-refractivity contribution is 0.0226. The third kappa shape index (κ3) is 2.13. The molecule has 1 aliphatic heterocycles. The van der Waals surface area contributed by atoms with Gasteiger partial charge in [-0.3, -0.25) is 0 Å². The van der Waals surface area contributed by atoms with Crippen molar-refractivity contribution in [2.24, 2.45) is 0 Å². The van der Waals surface area contributed by atoms with Crippen molar-refractivity contribution in [2.45, 2.75) is 25.9 Å². The van der Waals surface area contributed by atoms with Crippen LogP contribution in [-0.2, 0) is 11.2 Å². The molecule has 1 fully saturated rings. The van der Waals surface area contributed by atoms with Crippen LogP contribution in [0, 0.1) is 0 Å². The first-order chi connectivity index (χ1) is 6.90. The predicted molar refractivity (Wildman–Crippen MR) is 54.1 cm³/mol. The van der Waals surface area contributed by atoms with Gasteiger partial charge in [-0.1, -0.05) is 13.3 Å². The summed E-state index contributed by atoms with van der Waals surface area (Å²) in [6.45, 7) is 4.74. The number of rotatable bonds is 3. The normalized spacial score (nSPS) is 22.5. The summed E-state index contributed by atoms with van der Waals surface area (Å²) < 4.78 is 5.60. The number of nitrogens with zero attached hydrogens (tertiary/aromatic N) is 1. The third-order valence-corrected chi connectivity index (χ3v) is 2.40. The van der Waals surface area contributed by atoms with Crippen LogP contribution in [0.25, 0.3) is 0 Å². The van der Waals surface area contributed by atoms with Gasteiger partial charge in [-0.2, -0.15) is 0 Å². The molecule has 2 heterocycles. The maximum atomic E-state index is 5.60.